The smallest absolute Gasteiger partial charge is 0.234 e. The molecule has 0 aliphatic carbocycles. The highest BCUT2D eigenvalue weighted by Gasteiger charge is 2.16. The fourth-order valence-electron chi connectivity index (χ4n) is 2.51. The van der Waals surface area contributed by atoms with Crippen molar-refractivity contribution in [2.24, 2.45) is 0 Å². The van der Waals surface area contributed by atoms with Crippen molar-refractivity contribution in [1.29, 1.82) is 0 Å². The van der Waals surface area contributed by atoms with Gasteiger partial charge in [-0.05, 0) is 49.4 Å². The number of rotatable bonds is 7. The Morgan fingerprint density at radius 1 is 1.19 bits per heavy atom. The highest BCUT2D eigenvalue weighted by atomic mass is 35.5. The number of nitrogens with one attached hydrogen (secondary N) is 1. The first-order valence-electron chi connectivity index (χ1n) is 8.18. The van der Waals surface area contributed by atoms with Crippen molar-refractivity contribution < 1.29 is 13.2 Å². The van der Waals surface area contributed by atoms with Crippen molar-refractivity contribution in [1.82, 2.24) is 10.2 Å². The van der Waals surface area contributed by atoms with Crippen LogP contribution in [0.4, 0.5) is 0 Å². The quantitative estimate of drug-likeness (QED) is 0.783. The van der Waals surface area contributed by atoms with E-state index in [9.17, 15) is 13.2 Å². The molecule has 0 heterocycles. The molecule has 5 nitrogen and oxygen atoms in total. The molecule has 0 saturated heterocycles. The Labute approximate surface area is 159 Å². The molecule has 0 aliphatic heterocycles. The molecule has 0 fully saturated rings. The third kappa shape index (κ3) is 5.83. The molecule has 1 atom stereocenters. The number of benzene rings is 2. The van der Waals surface area contributed by atoms with Gasteiger partial charge >= 0.3 is 0 Å². The third-order valence-corrected chi connectivity index (χ3v) is 5.59. The maximum absolute atomic E-state index is 12.2. The van der Waals surface area contributed by atoms with Crippen molar-refractivity contribution >= 4 is 27.3 Å². The zero-order chi connectivity index (χ0) is 19.3. The molecule has 1 amide bonds. The van der Waals surface area contributed by atoms with E-state index in [0.717, 1.165) is 11.1 Å². The molecular formula is C19H23ClN2O3S. The fraction of sp³-hybridized carbons (Fsp3) is 0.316. The molecule has 0 saturated carbocycles. The van der Waals surface area contributed by atoms with Gasteiger partial charge in [-0.2, -0.15) is 0 Å². The number of carbonyl (C=O) groups is 1. The lowest BCUT2D eigenvalue weighted by Crippen LogP contribution is -2.36. The monoisotopic (exact) mass is 394 g/mol. The predicted octanol–water partition coefficient (Wildman–Crippen LogP) is 3.05. The molecule has 26 heavy (non-hydrogen) atoms. The van der Waals surface area contributed by atoms with Crippen LogP contribution >= 0.6 is 11.6 Å². The number of hydrogen-bond donors (Lipinski definition) is 1. The normalized spacial score (nSPS) is 12.8. The lowest BCUT2D eigenvalue weighted by Gasteiger charge is -2.24. The van der Waals surface area contributed by atoms with Gasteiger partial charge < -0.3 is 5.32 Å². The summed E-state index contributed by atoms with van der Waals surface area (Å²) in [5.41, 5.74) is 1.89. The van der Waals surface area contributed by atoms with Crippen molar-refractivity contribution in [3.8, 4) is 0 Å². The minimum atomic E-state index is -3.21. The Morgan fingerprint density at radius 3 is 2.42 bits per heavy atom. The maximum atomic E-state index is 12.2. The topological polar surface area (TPSA) is 66.5 Å². The van der Waals surface area contributed by atoms with Crippen LogP contribution < -0.4 is 5.32 Å². The zero-order valence-corrected chi connectivity index (χ0v) is 16.6. The van der Waals surface area contributed by atoms with E-state index in [4.69, 9.17) is 11.6 Å². The van der Waals surface area contributed by atoms with E-state index < -0.39 is 9.84 Å². The summed E-state index contributed by atoms with van der Waals surface area (Å²) in [6.07, 6.45) is 1.18. The molecule has 1 unspecified atom stereocenters. The van der Waals surface area contributed by atoms with Crippen LogP contribution in [0, 0.1) is 0 Å². The lowest BCUT2D eigenvalue weighted by atomic mass is 10.1. The number of halogens is 1. The molecule has 0 radical (unpaired) electrons. The Balaban J connectivity index is 1.91. The average Bonchev–Trinajstić information content (AvgIpc) is 2.58. The number of sulfone groups is 1. The third-order valence-electron chi connectivity index (χ3n) is 4.22. The van der Waals surface area contributed by atoms with Gasteiger partial charge in [0.2, 0.25) is 5.91 Å². The van der Waals surface area contributed by atoms with Gasteiger partial charge in [0.1, 0.15) is 0 Å². The summed E-state index contributed by atoms with van der Waals surface area (Å²) in [5, 5.41) is 3.51. The highest BCUT2D eigenvalue weighted by molar-refractivity contribution is 7.90. The standard InChI is InChI=1S/C19H23ClN2O3S/c1-14(16-7-9-18(10-8-16)26(3,24)25)22(2)13-19(23)21-12-15-5-4-6-17(20)11-15/h4-11,14H,12-13H2,1-3H3,(H,21,23). The molecule has 7 heteroatoms. The first-order chi connectivity index (χ1) is 12.2. The van der Waals surface area contributed by atoms with E-state index in [1.807, 2.05) is 37.1 Å². The van der Waals surface area contributed by atoms with Crippen molar-refractivity contribution in [3.05, 3.63) is 64.7 Å². The Hall–Kier alpha value is -1.89. The number of nitrogens with zero attached hydrogens (tertiary/aromatic N) is 1. The number of likely N-dealkylation sites (N-methyl/N-ethyl adjacent to an activating group) is 1. The Morgan fingerprint density at radius 2 is 1.85 bits per heavy atom. The predicted molar refractivity (Wildman–Crippen MR) is 104 cm³/mol. The summed E-state index contributed by atoms with van der Waals surface area (Å²) >= 11 is 5.93. The minimum Gasteiger partial charge on any atom is -0.351 e. The second-order valence-electron chi connectivity index (χ2n) is 6.34. The molecule has 1 N–H and O–H groups in total. The summed E-state index contributed by atoms with van der Waals surface area (Å²) in [7, 11) is -1.35. The highest BCUT2D eigenvalue weighted by Crippen LogP contribution is 2.20. The van der Waals surface area contributed by atoms with Crippen molar-refractivity contribution in [3.63, 3.8) is 0 Å². The molecule has 0 aromatic heterocycles. The number of carbonyl (C=O) groups excluding carboxylic acids is 1. The summed E-state index contributed by atoms with van der Waals surface area (Å²) < 4.78 is 23.1. The van der Waals surface area contributed by atoms with Gasteiger partial charge in [-0.15, -0.1) is 0 Å². The van der Waals surface area contributed by atoms with Crippen molar-refractivity contribution in [2.75, 3.05) is 19.8 Å². The van der Waals surface area contributed by atoms with E-state index in [2.05, 4.69) is 5.32 Å². The van der Waals surface area contributed by atoms with Crippen LogP contribution in [0.1, 0.15) is 24.1 Å². The second-order valence-corrected chi connectivity index (χ2v) is 8.79. The largest absolute Gasteiger partial charge is 0.351 e. The van der Waals surface area contributed by atoms with E-state index >= 15 is 0 Å². The van der Waals surface area contributed by atoms with Crippen LogP contribution in [-0.4, -0.2) is 39.1 Å². The molecular weight excluding hydrogens is 372 g/mol. The van der Waals surface area contributed by atoms with E-state index in [1.165, 1.54) is 6.26 Å². The molecule has 0 aliphatic rings. The van der Waals surface area contributed by atoms with Gasteiger partial charge in [0.05, 0.1) is 11.4 Å². The van der Waals surface area contributed by atoms with Gasteiger partial charge in [-0.3, -0.25) is 9.69 Å². The number of amides is 1. The molecule has 2 aromatic rings. The van der Waals surface area contributed by atoms with Crippen LogP contribution in [-0.2, 0) is 21.2 Å². The van der Waals surface area contributed by atoms with Gasteiger partial charge in [0.25, 0.3) is 0 Å². The summed E-state index contributed by atoms with van der Waals surface area (Å²) in [6, 6.07) is 14.1. The van der Waals surface area contributed by atoms with Gasteiger partial charge in [-0.25, -0.2) is 8.42 Å². The van der Waals surface area contributed by atoms with Gasteiger partial charge in [0, 0.05) is 23.9 Å². The molecule has 0 spiro atoms. The molecule has 0 bridgehead atoms. The van der Waals surface area contributed by atoms with E-state index in [0.29, 0.717) is 11.6 Å². The maximum Gasteiger partial charge on any atom is 0.234 e. The molecule has 2 aromatic carbocycles. The zero-order valence-electron chi connectivity index (χ0n) is 15.1. The molecule has 140 valence electrons. The minimum absolute atomic E-state index is 0.0273. The van der Waals surface area contributed by atoms with Gasteiger partial charge in [0.15, 0.2) is 9.84 Å². The van der Waals surface area contributed by atoms with Gasteiger partial charge in [-0.1, -0.05) is 35.9 Å². The van der Waals surface area contributed by atoms with Crippen LogP contribution in [0.15, 0.2) is 53.4 Å². The average molecular weight is 395 g/mol. The van der Waals surface area contributed by atoms with Crippen LogP contribution in [0.25, 0.3) is 0 Å². The Bertz CT molecular complexity index is 867. The first kappa shape index (κ1) is 20.4. The SMILES string of the molecule is CC(c1ccc(S(C)(=O)=O)cc1)N(C)CC(=O)NCc1cccc(Cl)c1. The summed E-state index contributed by atoms with van der Waals surface area (Å²) in [5.74, 6) is -0.0907. The van der Waals surface area contributed by atoms with Crippen LogP contribution in [0.5, 0.6) is 0 Å². The Kier molecular flexibility index (Phi) is 6.81. The van der Waals surface area contributed by atoms with Crippen LogP contribution in [0.2, 0.25) is 5.02 Å². The number of hydrogen-bond acceptors (Lipinski definition) is 4. The molecule has 2 rings (SSSR count). The van der Waals surface area contributed by atoms with Crippen LogP contribution in [0.3, 0.4) is 0 Å². The summed E-state index contributed by atoms with van der Waals surface area (Å²) in [6.45, 7) is 2.62. The fourth-order valence-corrected chi connectivity index (χ4v) is 3.36. The van der Waals surface area contributed by atoms with E-state index in [1.54, 1.807) is 30.3 Å². The van der Waals surface area contributed by atoms with Crippen molar-refractivity contribution in [2.45, 2.75) is 24.4 Å². The summed E-state index contributed by atoms with van der Waals surface area (Å²) in [4.78, 5) is 14.4. The second kappa shape index (κ2) is 8.66. The lowest BCUT2D eigenvalue weighted by molar-refractivity contribution is -0.122. The first-order valence-corrected chi connectivity index (χ1v) is 10.4. The van der Waals surface area contributed by atoms with E-state index in [-0.39, 0.29) is 23.4 Å².